The normalized spacial score (nSPS) is 15.3. The van der Waals surface area contributed by atoms with Gasteiger partial charge in [-0.1, -0.05) is 125 Å². The smallest absolute Gasteiger partial charge is 0.0159 e. The molecule has 2 aliphatic carbocycles. The molecule has 0 saturated carbocycles. The van der Waals surface area contributed by atoms with Crippen LogP contribution in [0.15, 0.2) is 133 Å². The lowest BCUT2D eigenvalue weighted by Crippen LogP contribution is -2.14. The molecule has 0 saturated heterocycles. The van der Waals surface area contributed by atoms with Crippen LogP contribution in [0.25, 0.3) is 76.8 Å². The highest BCUT2D eigenvalue weighted by molar-refractivity contribution is 6.24. The Labute approximate surface area is 270 Å². The molecule has 10 rings (SSSR count). The Balaban J connectivity index is 1.09. The maximum absolute atomic E-state index is 2.44. The minimum absolute atomic E-state index is 0.00562. The minimum atomic E-state index is -0.00562. The highest BCUT2D eigenvalue weighted by Gasteiger charge is 2.36. The number of hydrogen-bond acceptors (Lipinski definition) is 0. The van der Waals surface area contributed by atoms with E-state index in [9.17, 15) is 0 Å². The van der Waals surface area contributed by atoms with E-state index in [4.69, 9.17) is 0 Å². The molecule has 8 aromatic rings. The highest BCUT2D eigenvalue weighted by Crippen LogP contribution is 2.51. The third-order valence-electron chi connectivity index (χ3n) is 11.4. The SMILES string of the molecule is CC1(C)c2ccccc2-c2ccc(-c3cc4ccc5cc(-c6ccc7c(c6)C(C)(C)c6ccccc6-7)cc6ccc(c3)c4c56)cc21. The summed E-state index contributed by atoms with van der Waals surface area (Å²) in [7, 11) is 0. The van der Waals surface area contributed by atoms with Crippen molar-refractivity contribution in [1.82, 2.24) is 0 Å². The Bertz CT molecular complexity index is 2330. The molecule has 218 valence electrons. The fourth-order valence-electron chi connectivity index (χ4n) is 8.94. The maximum Gasteiger partial charge on any atom is 0.0159 e. The Kier molecular flexibility index (Phi) is 4.95. The third kappa shape index (κ3) is 3.34. The number of hydrogen-bond donors (Lipinski definition) is 0. The topological polar surface area (TPSA) is 0 Å². The average Bonchev–Trinajstić information content (AvgIpc) is 3.46. The van der Waals surface area contributed by atoms with Crippen LogP contribution in [0, 0.1) is 0 Å². The molecule has 2 aliphatic rings. The first-order valence-electron chi connectivity index (χ1n) is 16.5. The van der Waals surface area contributed by atoms with Crippen molar-refractivity contribution < 1.29 is 0 Å². The van der Waals surface area contributed by atoms with Crippen LogP contribution in [-0.4, -0.2) is 0 Å². The monoisotopic (exact) mass is 586 g/mol. The second kappa shape index (κ2) is 8.74. The Morgan fingerprint density at radius 1 is 0.304 bits per heavy atom. The quantitative estimate of drug-likeness (QED) is 0.177. The van der Waals surface area contributed by atoms with Crippen molar-refractivity contribution in [2.24, 2.45) is 0 Å². The molecule has 0 heterocycles. The lowest BCUT2D eigenvalue weighted by molar-refractivity contribution is 0.660. The lowest BCUT2D eigenvalue weighted by atomic mass is 9.81. The third-order valence-corrected chi connectivity index (χ3v) is 11.4. The molecule has 0 bridgehead atoms. The summed E-state index contributed by atoms with van der Waals surface area (Å²) >= 11 is 0. The van der Waals surface area contributed by atoms with E-state index >= 15 is 0 Å². The zero-order valence-corrected chi connectivity index (χ0v) is 26.7. The van der Waals surface area contributed by atoms with E-state index in [0.29, 0.717) is 0 Å². The van der Waals surface area contributed by atoms with E-state index in [2.05, 4.69) is 161 Å². The van der Waals surface area contributed by atoms with Gasteiger partial charge in [-0.15, -0.1) is 0 Å². The van der Waals surface area contributed by atoms with E-state index in [1.165, 1.54) is 99.1 Å². The summed E-state index contributed by atoms with van der Waals surface area (Å²) in [6.45, 7) is 9.44. The van der Waals surface area contributed by atoms with Gasteiger partial charge in [0.1, 0.15) is 0 Å². The first kappa shape index (κ1) is 26.1. The number of rotatable bonds is 2. The van der Waals surface area contributed by atoms with Crippen molar-refractivity contribution in [2.45, 2.75) is 38.5 Å². The second-order valence-electron chi connectivity index (χ2n) is 14.6. The fraction of sp³-hybridized carbons (Fsp3) is 0.130. The number of benzene rings is 8. The van der Waals surface area contributed by atoms with Crippen molar-refractivity contribution in [3.05, 3.63) is 156 Å². The second-order valence-corrected chi connectivity index (χ2v) is 14.6. The molecular weight excluding hydrogens is 553 g/mol. The minimum Gasteiger partial charge on any atom is -0.0619 e. The molecule has 0 spiro atoms. The standard InChI is InChI=1S/C46H34/c1-45(2)39-11-7-5-9-35(39)37-19-17-27(25-41(37)45)33-21-29-13-15-31-23-34(24-32-16-14-30(22-33)43(29)44(31)32)28-18-20-38-36-10-6-8-12-40(36)46(3,4)42(38)26-28/h5-26H,1-4H3. The maximum atomic E-state index is 2.44. The Hall–Kier alpha value is -5.20. The van der Waals surface area contributed by atoms with Gasteiger partial charge in [-0.2, -0.15) is 0 Å². The largest absolute Gasteiger partial charge is 0.0619 e. The average molecular weight is 587 g/mol. The van der Waals surface area contributed by atoms with Crippen LogP contribution >= 0.6 is 0 Å². The molecular formula is C46H34. The van der Waals surface area contributed by atoms with Crippen molar-refractivity contribution in [1.29, 1.82) is 0 Å². The van der Waals surface area contributed by atoms with Gasteiger partial charge < -0.3 is 0 Å². The molecule has 0 amide bonds. The van der Waals surface area contributed by atoms with E-state index in [1.54, 1.807) is 0 Å². The zero-order chi connectivity index (χ0) is 30.9. The van der Waals surface area contributed by atoms with Gasteiger partial charge in [-0.05, 0) is 135 Å². The van der Waals surface area contributed by atoms with Gasteiger partial charge in [-0.3, -0.25) is 0 Å². The fourth-order valence-corrected chi connectivity index (χ4v) is 8.94. The highest BCUT2D eigenvalue weighted by atomic mass is 14.4. The molecule has 46 heavy (non-hydrogen) atoms. The predicted octanol–water partition coefficient (Wildman–Crippen LogP) is 12.5. The molecule has 0 unspecified atom stereocenters. The summed E-state index contributed by atoms with van der Waals surface area (Å²) in [5.41, 5.74) is 16.3. The lowest BCUT2D eigenvalue weighted by Gasteiger charge is -2.22. The summed E-state index contributed by atoms with van der Waals surface area (Å²) in [6.07, 6.45) is 0. The molecule has 8 aromatic carbocycles. The van der Waals surface area contributed by atoms with Crippen molar-refractivity contribution >= 4 is 32.3 Å². The molecule has 0 atom stereocenters. The molecule has 0 N–H and O–H groups in total. The predicted molar refractivity (Wildman–Crippen MR) is 196 cm³/mol. The van der Waals surface area contributed by atoms with E-state index in [0.717, 1.165) is 0 Å². The summed E-state index contributed by atoms with van der Waals surface area (Å²) in [5.74, 6) is 0. The first-order chi connectivity index (χ1) is 22.3. The summed E-state index contributed by atoms with van der Waals surface area (Å²) < 4.78 is 0. The summed E-state index contributed by atoms with van der Waals surface area (Å²) in [4.78, 5) is 0. The van der Waals surface area contributed by atoms with Crippen molar-refractivity contribution in [3.8, 4) is 44.5 Å². The zero-order valence-electron chi connectivity index (χ0n) is 26.7. The van der Waals surface area contributed by atoms with Gasteiger partial charge in [0.2, 0.25) is 0 Å². The van der Waals surface area contributed by atoms with E-state index in [1.807, 2.05) is 0 Å². The van der Waals surface area contributed by atoms with E-state index in [-0.39, 0.29) is 10.8 Å². The van der Waals surface area contributed by atoms with Gasteiger partial charge in [-0.25, -0.2) is 0 Å². The van der Waals surface area contributed by atoms with Gasteiger partial charge in [0.05, 0.1) is 0 Å². The molecule has 0 aliphatic heterocycles. The molecule has 0 nitrogen and oxygen atoms in total. The summed E-state index contributed by atoms with van der Waals surface area (Å²) in [5, 5.41) is 7.95. The summed E-state index contributed by atoms with van der Waals surface area (Å²) in [6, 6.07) is 50.8. The molecule has 0 radical (unpaired) electrons. The van der Waals surface area contributed by atoms with Crippen LogP contribution in [0.5, 0.6) is 0 Å². The Morgan fingerprint density at radius 3 is 1.04 bits per heavy atom. The van der Waals surface area contributed by atoms with Crippen LogP contribution in [0.4, 0.5) is 0 Å². The van der Waals surface area contributed by atoms with Gasteiger partial charge in [0.25, 0.3) is 0 Å². The Morgan fingerprint density at radius 2 is 0.652 bits per heavy atom. The van der Waals surface area contributed by atoms with E-state index < -0.39 is 0 Å². The van der Waals surface area contributed by atoms with Gasteiger partial charge >= 0.3 is 0 Å². The number of fused-ring (bicyclic) bond motifs is 6. The molecule has 0 heteroatoms. The van der Waals surface area contributed by atoms with Crippen LogP contribution in [0.3, 0.4) is 0 Å². The van der Waals surface area contributed by atoms with Crippen LogP contribution in [-0.2, 0) is 10.8 Å². The van der Waals surface area contributed by atoms with Crippen LogP contribution in [0.2, 0.25) is 0 Å². The van der Waals surface area contributed by atoms with Crippen LogP contribution in [0.1, 0.15) is 49.9 Å². The van der Waals surface area contributed by atoms with Gasteiger partial charge in [0, 0.05) is 10.8 Å². The first-order valence-corrected chi connectivity index (χ1v) is 16.5. The van der Waals surface area contributed by atoms with Crippen molar-refractivity contribution in [2.75, 3.05) is 0 Å². The molecule has 0 aromatic heterocycles. The van der Waals surface area contributed by atoms with Crippen LogP contribution < -0.4 is 0 Å². The van der Waals surface area contributed by atoms with Crippen molar-refractivity contribution in [3.63, 3.8) is 0 Å². The van der Waals surface area contributed by atoms with Gasteiger partial charge in [0.15, 0.2) is 0 Å². The molecule has 0 fully saturated rings.